The summed E-state index contributed by atoms with van der Waals surface area (Å²) in [6.45, 7) is 10.4. The van der Waals surface area contributed by atoms with E-state index in [0.29, 0.717) is 17.8 Å². The van der Waals surface area contributed by atoms with Gasteiger partial charge in [-0.1, -0.05) is 39.8 Å². The first-order valence-electron chi connectivity index (χ1n) is 8.61. The normalized spacial score (nSPS) is 16.5. The molecule has 0 radical (unpaired) electrons. The minimum Gasteiger partial charge on any atom is -0.351 e. The summed E-state index contributed by atoms with van der Waals surface area (Å²) in [5.74, 6) is -0.243. The van der Waals surface area contributed by atoms with Crippen LogP contribution in [-0.4, -0.2) is 31.4 Å². The van der Waals surface area contributed by atoms with Crippen LogP contribution < -0.4 is 16.0 Å². The number of rotatable bonds is 4. The van der Waals surface area contributed by atoms with Gasteiger partial charge in [-0.3, -0.25) is 9.59 Å². The number of nitrogens with one attached hydrogen (secondary N) is 3. The minimum absolute atomic E-state index is 0. The van der Waals surface area contributed by atoms with E-state index in [-0.39, 0.29) is 29.6 Å². The fourth-order valence-electron chi connectivity index (χ4n) is 2.70. The van der Waals surface area contributed by atoms with Crippen molar-refractivity contribution in [3.8, 4) is 0 Å². The molecule has 2 rings (SSSR count). The number of carbonyl (C=O) groups excluding carboxylic acids is 2. The van der Waals surface area contributed by atoms with Crippen molar-refractivity contribution in [2.75, 3.05) is 25.0 Å². The van der Waals surface area contributed by atoms with Gasteiger partial charge < -0.3 is 16.0 Å². The summed E-state index contributed by atoms with van der Waals surface area (Å²) in [5, 5.41) is 9.26. The van der Waals surface area contributed by atoms with Crippen LogP contribution >= 0.6 is 12.4 Å². The topological polar surface area (TPSA) is 70.2 Å². The number of amides is 2. The van der Waals surface area contributed by atoms with Gasteiger partial charge in [-0.05, 0) is 43.5 Å². The molecule has 2 amide bonds. The zero-order valence-corrected chi connectivity index (χ0v) is 16.4. The van der Waals surface area contributed by atoms with E-state index in [2.05, 4.69) is 22.9 Å². The van der Waals surface area contributed by atoms with Gasteiger partial charge in [-0.15, -0.1) is 12.4 Å². The molecule has 5 nitrogen and oxygen atoms in total. The average molecular weight is 368 g/mol. The molecule has 1 heterocycles. The Labute approximate surface area is 156 Å². The van der Waals surface area contributed by atoms with Crippen molar-refractivity contribution in [3.05, 3.63) is 29.8 Å². The van der Waals surface area contributed by atoms with Gasteiger partial charge in [-0.2, -0.15) is 0 Å². The Morgan fingerprint density at radius 1 is 1.16 bits per heavy atom. The van der Waals surface area contributed by atoms with E-state index in [1.807, 2.05) is 32.9 Å². The molecule has 6 heteroatoms. The highest BCUT2D eigenvalue weighted by Crippen LogP contribution is 2.27. The van der Waals surface area contributed by atoms with Gasteiger partial charge in [0.2, 0.25) is 5.91 Å². The summed E-state index contributed by atoms with van der Waals surface area (Å²) in [7, 11) is 0. The Hall–Kier alpha value is -1.59. The molecule has 1 fully saturated rings. The van der Waals surface area contributed by atoms with E-state index in [1.165, 1.54) is 0 Å². The number of anilines is 1. The Bertz CT molecular complexity index is 605. The molecule has 1 aromatic carbocycles. The maximum absolute atomic E-state index is 12.6. The smallest absolute Gasteiger partial charge is 0.253 e. The Morgan fingerprint density at radius 2 is 1.76 bits per heavy atom. The summed E-state index contributed by atoms with van der Waals surface area (Å²) in [6.07, 6.45) is 2.10. The molecule has 3 N–H and O–H groups in total. The number of piperidine rings is 1. The maximum atomic E-state index is 12.6. The lowest BCUT2D eigenvalue weighted by Crippen LogP contribution is -2.43. The van der Waals surface area contributed by atoms with Crippen LogP contribution in [0.3, 0.4) is 0 Å². The van der Waals surface area contributed by atoms with Crippen LogP contribution in [0.4, 0.5) is 5.69 Å². The number of hydrogen-bond acceptors (Lipinski definition) is 3. The second-order valence-corrected chi connectivity index (χ2v) is 7.99. The Kier molecular flexibility index (Phi) is 7.44. The summed E-state index contributed by atoms with van der Waals surface area (Å²) in [5.41, 5.74) is 0.689. The van der Waals surface area contributed by atoms with Gasteiger partial charge in [0.05, 0.1) is 11.3 Å². The predicted molar refractivity (Wildman–Crippen MR) is 104 cm³/mol. The summed E-state index contributed by atoms with van der Waals surface area (Å²) in [6, 6.07) is 7.15. The van der Waals surface area contributed by atoms with Crippen molar-refractivity contribution in [2.24, 2.45) is 10.8 Å². The van der Waals surface area contributed by atoms with E-state index in [0.717, 1.165) is 25.9 Å². The minimum atomic E-state index is -0.508. The van der Waals surface area contributed by atoms with Crippen molar-refractivity contribution < 1.29 is 9.59 Å². The third-order valence-corrected chi connectivity index (χ3v) is 4.59. The van der Waals surface area contributed by atoms with Crippen LogP contribution in [0.1, 0.15) is 50.9 Å². The third-order valence-electron chi connectivity index (χ3n) is 4.59. The zero-order chi connectivity index (χ0) is 17.8. The van der Waals surface area contributed by atoms with Gasteiger partial charge in [0, 0.05) is 12.0 Å². The molecular weight excluding hydrogens is 338 g/mol. The molecule has 0 unspecified atom stereocenters. The fraction of sp³-hybridized carbons (Fsp3) is 0.579. The molecule has 0 saturated carbocycles. The Balaban J connectivity index is 0.00000312. The lowest BCUT2D eigenvalue weighted by molar-refractivity contribution is -0.123. The summed E-state index contributed by atoms with van der Waals surface area (Å²) >= 11 is 0. The van der Waals surface area contributed by atoms with Crippen LogP contribution in [0.15, 0.2) is 24.3 Å². The molecule has 0 atom stereocenters. The average Bonchev–Trinajstić information content (AvgIpc) is 2.53. The van der Waals surface area contributed by atoms with Crippen molar-refractivity contribution in [1.82, 2.24) is 10.6 Å². The summed E-state index contributed by atoms with van der Waals surface area (Å²) < 4.78 is 0. The molecule has 0 aromatic heterocycles. The van der Waals surface area contributed by atoms with E-state index < -0.39 is 5.41 Å². The molecular formula is C19H30ClN3O2. The predicted octanol–water partition coefficient (Wildman–Crippen LogP) is 3.21. The Morgan fingerprint density at radius 3 is 2.36 bits per heavy atom. The van der Waals surface area contributed by atoms with Crippen LogP contribution in [-0.2, 0) is 4.79 Å². The van der Waals surface area contributed by atoms with E-state index in [4.69, 9.17) is 0 Å². The first-order valence-corrected chi connectivity index (χ1v) is 8.61. The van der Waals surface area contributed by atoms with Gasteiger partial charge in [-0.25, -0.2) is 0 Å². The zero-order valence-electron chi connectivity index (χ0n) is 15.6. The number of hydrogen-bond donors (Lipinski definition) is 3. The highest BCUT2D eigenvalue weighted by molar-refractivity contribution is 6.04. The molecule has 1 aliphatic heterocycles. The molecule has 0 bridgehead atoms. The molecule has 1 aromatic rings. The number of halogens is 1. The van der Waals surface area contributed by atoms with E-state index in [1.54, 1.807) is 12.1 Å². The standard InChI is InChI=1S/C19H29N3O2.ClH/c1-18(2,3)17(24)22-15-8-6-5-7-14(15)16(23)21-13-19(4)9-11-20-12-10-19;/h5-8,20H,9-13H2,1-4H3,(H,21,23)(H,22,24);1H. The largest absolute Gasteiger partial charge is 0.351 e. The number of benzene rings is 1. The second kappa shape index (κ2) is 8.68. The first kappa shape index (κ1) is 21.5. The molecule has 25 heavy (non-hydrogen) atoms. The molecule has 140 valence electrons. The maximum Gasteiger partial charge on any atom is 0.253 e. The first-order chi connectivity index (χ1) is 11.2. The number of carbonyl (C=O) groups is 2. The van der Waals surface area contributed by atoms with Gasteiger partial charge in [0.15, 0.2) is 0 Å². The fourth-order valence-corrected chi connectivity index (χ4v) is 2.70. The lowest BCUT2D eigenvalue weighted by atomic mass is 9.81. The van der Waals surface area contributed by atoms with Gasteiger partial charge in [0.25, 0.3) is 5.91 Å². The second-order valence-electron chi connectivity index (χ2n) is 7.99. The third kappa shape index (κ3) is 6.01. The lowest BCUT2D eigenvalue weighted by Gasteiger charge is -2.34. The monoisotopic (exact) mass is 367 g/mol. The SMILES string of the molecule is CC1(CNC(=O)c2ccccc2NC(=O)C(C)(C)C)CCNCC1.Cl. The number of para-hydroxylation sites is 1. The molecule has 1 saturated heterocycles. The van der Waals surface area contributed by atoms with Crippen molar-refractivity contribution in [3.63, 3.8) is 0 Å². The van der Waals surface area contributed by atoms with Crippen molar-refractivity contribution in [2.45, 2.75) is 40.5 Å². The van der Waals surface area contributed by atoms with Gasteiger partial charge >= 0.3 is 0 Å². The highest BCUT2D eigenvalue weighted by Gasteiger charge is 2.28. The molecule has 0 spiro atoms. The summed E-state index contributed by atoms with van der Waals surface area (Å²) in [4.78, 5) is 24.8. The van der Waals surface area contributed by atoms with Crippen LogP contribution in [0.5, 0.6) is 0 Å². The van der Waals surface area contributed by atoms with Crippen LogP contribution in [0, 0.1) is 10.8 Å². The van der Waals surface area contributed by atoms with Crippen molar-refractivity contribution >= 4 is 29.9 Å². The van der Waals surface area contributed by atoms with E-state index in [9.17, 15) is 9.59 Å². The molecule has 1 aliphatic rings. The molecule has 0 aliphatic carbocycles. The van der Waals surface area contributed by atoms with E-state index >= 15 is 0 Å². The van der Waals surface area contributed by atoms with Crippen LogP contribution in [0.25, 0.3) is 0 Å². The van der Waals surface area contributed by atoms with Gasteiger partial charge in [0.1, 0.15) is 0 Å². The van der Waals surface area contributed by atoms with Crippen molar-refractivity contribution in [1.29, 1.82) is 0 Å². The van der Waals surface area contributed by atoms with Crippen LogP contribution in [0.2, 0.25) is 0 Å². The quantitative estimate of drug-likeness (QED) is 0.765. The highest BCUT2D eigenvalue weighted by atomic mass is 35.5.